The first-order valence-electron chi connectivity index (χ1n) is 9.66. The summed E-state index contributed by atoms with van der Waals surface area (Å²) in [6, 6.07) is 25.4. The van der Waals surface area contributed by atoms with Gasteiger partial charge < -0.3 is 4.42 Å². The lowest BCUT2D eigenvalue weighted by atomic mass is 10.0. The lowest BCUT2D eigenvalue weighted by Gasteiger charge is -2.05. The van der Waals surface area contributed by atoms with E-state index in [9.17, 15) is 4.79 Å². The smallest absolute Gasteiger partial charge is 0.322 e. The van der Waals surface area contributed by atoms with Gasteiger partial charge in [-0.15, -0.1) is 16.9 Å². The molecule has 0 atom stereocenters. The second-order valence-electron chi connectivity index (χ2n) is 7.00. The van der Waals surface area contributed by atoms with Gasteiger partial charge in [0.05, 0.1) is 0 Å². The van der Waals surface area contributed by atoms with Crippen LogP contribution in [-0.4, -0.2) is 21.4 Å². The Morgan fingerprint density at radius 3 is 2.30 bits per heavy atom. The fraction of sp³-hybridized carbons (Fsp3) is 0.125. The average Bonchev–Trinajstić information content (AvgIpc) is 3.23. The first kappa shape index (κ1) is 19.9. The predicted octanol–water partition coefficient (Wildman–Crippen LogP) is 6.16. The standard InChI is InChI=1S/C24H21N3O2S/c1-16(2)30-21-10-6-9-20(15-21)23-26-27-24(29-23)25-22(28)19-13-11-18(12-14-19)17-7-4-3-5-8-17/h3-16H,1-2H3,(H,25,27,28). The Kier molecular flexibility index (Phi) is 5.95. The van der Waals surface area contributed by atoms with Crippen LogP contribution in [0.5, 0.6) is 0 Å². The minimum Gasteiger partial charge on any atom is -0.403 e. The molecule has 1 N–H and O–H groups in total. The summed E-state index contributed by atoms with van der Waals surface area (Å²) in [4.78, 5) is 13.7. The Bertz CT molecular complexity index is 1140. The van der Waals surface area contributed by atoms with E-state index >= 15 is 0 Å². The molecule has 1 heterocycles. The lowest BCUT2D eigenvalue weighted by molar-refractivity contribution is 0.102. The molecule has 0 unspecified atom stereocenters. The molecule has 0 aliphatic heterocycles. The van der Waals surface area contributed by atoms with Crippen LogP contribution in [-0.2, 0) is 0 Å². The second-order valence-corrected chi connectivity index (χ2v) is 8.65. The number of nitrogens with zero attached hydrogens (tertiary/aromatic N) is 2. The fourth-order valence-electron chi connectivity index (χ4n) is 2.98. The molecule has 4 aromatic rings. The zero-order valence-electron chi connectivity index (χ0n) is 16.7. The number of carbonyl (C=O) groups excluding carboxylic acids is 1. The highest BCUT2D eigenvalue weighted by molar-refractivity contribution is 7.99. The Balaban J connectivity index is 1.45. The molecule has 0 saturated carbocycles. The zero-order valence-corrected chi connectivity index (χ0v) is 17.5. The third-order valence-electron chi connectivity index (χ3n) is 4.35. The highest BCUT2D eigenvalue weighted by Crippen LogP contribution is 2.28. The zero-order chi connectivity index (χ0) is 20.9. The quantitative estimate of drug-likeness (QED) is 0.382. The maximum atomic E-state index is 12.5. The molecule has 5 nitrogen and oxygen atoms in total. The maximum absolute atomic E-state index is 12.5. The fourth-order valence-corrected chi connectivity index (χ4v) is 3.88. The van der Waals surface area contributed by atoms with E-state index in [1.807, 2.05) is 66.7 Å². The Hall–Kier alpha value is -3.38. The highest BCUT2D eigenvalue weighted by atomic mass is 32.2. The third kappa shape index (κ3) is 4.78. The minimum absolute atomic E-state index is 0.0732. The van der Waals surface area contributed by atoms with Gasteiger partial charge in [-0.3, -0.25) is 10.1 Å². The van der Waals surface area contributed by atoms with Gasteiger partial charge >= 0.3 is 6.01 Å². The van der Waals surface area contributed by atoms with E-state index < -0.39 is 0 Å². The van der Waals surface area contributed by atoms with Gasteiger partial charge in [-0.2, -0.15) is 0 Å². The van der Waals surface area contributed by atoms with Gasteiger partial charge in [0.1, 0.15) is 0 Å². The number of hydrogen-bond acceptors (Lipinski definition) is 5. The summed E-state index contributed by atoms with van der Waals surface area (Å²) < 4.78 is 5.65. The van der Waals surface area contributed by atoms with Crippen LogP contribution in [0.3, 0.4) is 0 Å². The van der Waals surface area contributed by atoms with E-state index in [-0.39, 0.29) is 11.9 Å². The largest absolute Gasteiger partial charge is 0.403 e. The number of amides is 1. The molecule has 0 aliphatic rings. The summed E-state index contributed by atoms with van der Waals surface area (Å²) in [5.41, 5.74) is 3.49. The molecule has 0 fully saturated rings. The second kappa shape index (κ2) is 8.97. The molecule has 3 aromatic carbocycles. The van der Waals surface area contributed by atoms with Crippen molar-refractivity contribution in [3.63, 3.8) is 0 Å². The monoisotopic (exact) mass is 415 g/mol. The Morgan fingerprint density at radius 2 is 1.57 bits per heavy atom. The lowest BCUT2D eigenvalue weighted by Crippen LogP contribution is -2.11. The molecule has 0 saturated heterocycles. The number of nitrogens with one attached hydrogen (secondary N) is 1. The van der Waals surface area contributed by atoms with E-state index in [4.69, 9.17) is 4.42 Å². The van der Waals surface area contributed by atoms with Crippen LogP contribution >= 0.6 is 11.8 Å². The molecule has 6 heteroatoms. The van der Waals surface area contributed by atoms with Crippen LogP contribution in [0, 0.1) is 0 Å². The van der Waals surface area contributed by atoms with Crippen molar-refractivity contribution in [1.29, 1.82) is 0 Å². The van der Waals surface area contributed by atoms with Crippen molar-refractivity contribution >= 4 is 23.7 Å². The average molecular weight is 416 g/mol. The third-order valence-corrected chi connectivity index (χ3v) is 5.35. The van der Waals surface area contributed by atoms with Crippen molar-refractivity contribution in [2.75, 3.05) is 5.32 Å². The van der Waals surface area contributed by atoms with Gasteiger partial charge in [0, 0.05) is 21.3 Å². The summed E-state index contributed by atoms with van der Waals surface area (Å²) in [5.74, 6) is 0.0739. The van der Waals surface area contributed by atoms with Gasteiger partial charge in [-0.05, 0) is 41.5 Å². The van der Waals surface area contributed by atoms with Gasteiger partial charge in [-0.1, -0.05) is 67.5 Å². The van der Waals surface area contributed by atoms with E-state index in [2.05, 4.69) is 29.4 Å². The van der Waals surface area contributed by atoms with E-state index in [0.717, 1.165) is 21.6 Å². The summed E-state index contributed by atoms with van der Waals surface area (Å²) >= 11 is 1.76. The van der Waals surface area contributed by atoms with Crippen LogP contribution in [0.4, 0.5) is 6.01 Å². The van der Waals surface area contributed by atoms with E-state index in [1.54, 1.807) is 23.9 Å². The number of anilines is 1. The number of benzene rings is 3. The van der Waals surface area contributed by atoms with Crippen molar-refractivity contribution in [2.24, 2.45) is 0 Å². The molecular weight excluding hydrogens is 394 g/mol. The van der Waals surface area contributed by atoms with Crippen LogP contribution in [0.15, 0.2) is 88.2 Å². The van der Waals surface area contributed by atoms with Crippen molar-refractivity contribution < 1.29 is 9.21 Å². The van der Waals surface area contributed by atoms with Gasteiger partial charge in [0.25, 0.3) is 5.91 Å². The van der Waals surface area contributed by atoms with Gasteiger partial charge in [0.2, 0.25) is 5.89 Å². The normalized spacial score (nSPS) is 10.9. The molecule has 1 aromatic heterocycles. The van der Waals surface area contributed by atoms with Crippen LogP contribution in [0.25, 0.3) is 22.6 Å². The molecule has 30 heavy (non-hydrogen) atoms. The van der Waals surface area contributed by atoms with Crippen LogP contribution in [0.2, 0.25) is 0 Å². The molecule has 150 valence electrons. The summed E-state index contributed by atoms with van der Waals surface area (Å²) in [6.45, 7) is 4.29. The van der Waals surface area contributed by atoms with Crippen molar-refractivity contribution in [3.05, 3.63) is 84.4 Å². The summed E-state index contributed by atoms with van der Waals surface area (Å²) in [7, 11) is 0. The van der Waals surface area contributed by atoms with Crippen LogP contribution in [0.1, 0.15) is 24.2 Å². The van der Waals surface area contributed by atoms with Crippen LogP contribution < -0.4 is 5.32 Å². The Labute approximate surface area is 179 Å². The highest BCUT2D eigenvalue weighted by Gasteiger charge is 2.13. The van der Waals surface area contributed by atoms with Gasteiger partial charge in [0.15, 0.2) is 0 Å². The van der Waals surface area contributed by atoms with E-state index in [1.165, 1.54) is 0 Å². The first-order chi connectivity index (χ1) is 14.6. The Morgan fingerprint density at radius 1 is 0.867 bits per heavy atom. The molecule has 4 rings (SSSR count). The molecule has 0 aliphatic carbocycles. The summed E-state index contributed by atoms with van der Waals surface area (Å²) in [5, 5.41) is 11.2. The number of aromatic nitrogens is 2. The molecule has 1 amide bonds. The van der Waals surface area contributed by atoms with Crippen molar-refractivity contribution in [3.8, 4) is 22.6 Å². The predicted molar refractivity (Wildman–Crippen MR) is 121 cm³/mol. The molecule has 0 bridgehead atoms. The van der Waals surface area contributed by atoms with Crippen molar-refractivity contribution in [1.82, 2.24) is 10.2 Å². The minimum atomic E-state index is -0.297. The number of rotatable bonds is 6. The van der Waals surface area contributed by atoms with Gasteiger partial charge in [-0.25, -0.2) is 0 Å². The number of hydrogen-bond donors (Lipinski definition) is 1. The molecule has 0 spiro atoms. The topological polar surface area (TPSA) is 68.0 Å². The van der Waals surface area contributed by atoms with E-state index in [0.29, 0.717) is 16.7 Å². The molecule has 0 radical (unpaired) electrons. The summed E-state index contributed by atoms with van der Waals surface area (Å²) in [6.07, 6.45) is 0. The SMILES string of the molecule is CC(C)Sc1cccc(-c2nnc(NC(=O)c3ccc(-c4ccccc4)cc3)o2)c1. The first-order valence-corrected chi connectivity index (χ1v) is 10.5. The number of carbonyl (C=O) groups is 1. The maximum Gasteiger partial charge on any atom is 0.322 e. The number of thioether (sulfide) groups is 1. The van der Waals surface area contributed by atoms with Crippen molar-refractivity contribution in [2.45, 2.75) is 24.0 Å². The molecular formula is C24H21N3O2S.